The highest BCUT2D eigenvalue weighted by atomic mass is 16.6. The Balaban J connectivity index is 1.73. The van der Waals surface area contributed by atoms with Crippen LogP contribution in [0.25, 0.3) is 0 Å². The third kappa shape index (κ3) is 4.95. The number of aryl methyl sites for hydroxylation is 1. The van der Waals surface area contributed by atoms with Crippen molar-refractivity contribution in [3.8, 4) is 11.5 Å². The molecule has 3 rings (SSSR count). The van der Waals surface area contributed by atoms with Gasteiger partial charge < -0.3 is 13.9 Å². The van der Waals surface area contributed by atoms with E-state index < -0.39 is 22.8 Å². The minimum atomic E-state index is -0.832. The van der Waals surface area contributed by atoms with Gasteiger partial charge in [0.25, 0.3) is 5.91 Å². The number of rotatable bonds is 8. The molecule has 178 valence electrons. The molecule has 3 aromatic rings. The summed E-state index contributed by atoms with van der Waals surface area (Å²) in [5, 5.41) is 19.4. The number of benzene rings is 1. The van der Waals surface area contributed by atoms with E-state index in [1.165, 1.54) is 44.0 Å². The van der Waals surface area contributed by atoms with Crippen LogP contribution in [0.4, 0.5) is 5.69 Å². The maximum Gasteiger partial charge on any atom is 0.379 e. The lowest BCUT2D eigenvalue weighted by Crippen LogP contribution is -2.29. The van der Waals surface area contributed by atoms with Gasteiger partial charge in [0.05, 0.1) is 24.0 Å². The molecule has 1 aromatic carbocycles. The zero-order valence-corrected chi connectivity index (χ0v) is 19.2. The lowest BCUT2D eigenvalue weighted by molar-refractivity contribution is -0.386. The zero-order valence-electron chi connectivity index (χ0n) is 19.2. The van der Waals surface area contributed by atoms with Crippen molar-refractivity contribution in [3.05, 3.63) is 69.4 Å². The van der Waals surface area contributed by atoms with E-state index in [1.807, 2.05) is 0 Å². The molecule has 0 saturated carbocycles. The van der Waals surface area contributed by atoms with Crippen molar-refractivity contribution in [2.45, 2.75) is 33.7 Å². The number of hydrazone groups is 1. The minimum Gasteiger partial charge on any atom is -0.493 e. The summed E-state index contributed by atoms with van der Waals surface area (Å²) in [5.41, 5.74) is 3.87. The van der Waals surface area contributed by atoms with Gasteiger partial charge >= 0.3 is 11.7 Å². The van der Waals surface area contributed by atoms with E-state index in [0.717, 1.165) is 0 Å². The molecule has 1 atom stereocenters. The second-order valence-corrected chi connectivity index (χ2v) is 7.30. The molecular formula is C22H23N5O7. The molecule has 34 heavy (non-hydrogen) atoms. The van der Waals surface area contributed by atoms with Crippen LogP contribution in [0, 0.1) is 24.0 Å². The summed E-state index contributed by atoms with van der Waals surface area (Å²) in [5.74, 6) is -0.664. The number of nitrogens with one attached hydrogen (secondary N) is 1. The highest BCUT2D eigenvalue weighted by Crippen LogP contribution is 2.29. The van der Waals surface area contributed by atoms with Gasteiger partial charge in [-0.1, -0.05) is 0 Å². The molecule has 0 fully saturated rings. The first kappa shape index (κ1) is 24.2. The van der Waals surface area contributed by atoms with Crippen molar-refractivity contribution >= 4 is 23.3 Å². The fourth-order valence-electron chi connectivity index (χ4n) is 3.23. The molecule has 0 bridgehead atoms. The molecule has 0 aliphatic rings. The van der Waals surface area contributed by atoms with Gasteiger partial charge in [-0.15, -0.1) is 0 Å². The van der Waals surface area contributed by atoms with E-state index in [9.17, 15) is 19.7 Å². The summed E-state index contributed by atoms with van der Waals surface area (Å²) in [4.78, 5) is 35.4. The van der Waals surface area contributed by atoms with Gasteiger partial charge in [0.1, 0.15) is 17.4 Å². The van der Waals surface area contributed by atoms with Crippen LogP contribution in [0.5, 0.6) is 11.5 Å². The Morgan fingerprint density at radius 3 is 2.59 bits per heavy atom. The number of nitrogens with zero attached hydrogens (tertiary/aromatic N) is 4. The lowest BCUT2D eigenvalue weighted by Gasteiger charge is -2.13. The largest absolute Gasteiger partial charge is 0.493 e. The number of hydrogen-bond acceptors (Lipinski definition) is 9. The standard InChI is InChI=1S/C22H23N5O7/c1-12(23-24-21(28)15(4)26-14(3)20(27(30)31)13(2)25-26)16-8-9-17(19(11-16)32-5)34-22(29)18-7-6-10-33-18/h6-11,15H,1-5H3,(H,24,28). The summed E-state index contributed by atoms with van der Waals surface area (Å²) in [6.45, 7) is 6.28. The van der Waals surface area contributed by atoms with Crippen molar-refractivity contribution in [3.63, 3.8) is 0 Å². The first-order chi connectivity index (χ1) is 16.1. The van der Waals surface area contributed by atoms with Gasteiger partial charge in [0.2, 0.25) is 5.76 Å². The van der Waals surface area contributed by atoms with Crippen molar-refractivity contribution in [1.29, 1.82) is 0 Å². The summed E-state index contributed by atoms with van der Waals surface area (Å²) in [7, 11) is 1.42. The van der Waals surface area contributed by atoms with Crippen molar-refractivity contribution in [2.24, 2.45) is 5.10 Å². The third-order valence-electron chi connectivity index (χ3n) is 5.06. The Morgan fingerprint density at radius 1 is 1.26 bits per heavy atom. The summed E-state index contributed by atoms with van der Waals surface area (Å²) < 4.78 is 16.9. The van der Waals surface area contributed by atoms with E-state index >= 15 is 0 Å². The summed E-state index contributed by atoms with van der Waals surface area (Å²) in [6, 6.07) is 7.00. The molecule has 12 nitrogen and oxygen atoms in total. The molecular weight excluding hydrogens is 446 g/mol. The van der Waals surface area contributed by atoms with Crippen LogP contribution in [0.2, 0.25) is 0 Å². The van der Waals surface area contributed by atoms with Crippen LogP contribution in [0.15, 0.2) is 46.1 Å². The van der Waals surface area contributed by atoms with E-state index in [2.05, 4.69) is 15.6 Å². The SMILES string of the molecule is COc1cc(C(C)=NNC(=O)C(C)n2nc(C)c([N+](=O)[O-])c2C)ccc1OC(=O)c1ccco1. The van der Waals surface area contributed by atoms with Crippen LogP contribution in [-0.4, -0.2) is 39.4 Å². The predicted molar refractivity (Wildman–Crippen MR) is 120 cm³/mol. The van der Waals surface area contributed by atoms with Gasteiger partial charge in [-0.05, 0) is 58.0 Å². The molecule has 0 radical (unpaired) electrons. The maximum atomic E-state index is 12.6. The predicted octanol–water partition coefficient (Wildman–Crippen LogP) is 3.33. The minimum absolute atomic E-state index is 0.0497. The smallest absolute Gasteiger partial charge is 0.379 e. The number of methoxy groups -OCH3 is 1. The van der Waals surface area contributed by atoms with Crippen LogP contribution in [-0.2, 0) is 4.79 Å². The quantitative estimate of drug-likeness (QED) is 0.173. The van der Waals surface area contributed by atoms with Crippen molar-refractivity contribution in [2.75, 3.05) is 7.11 Å². The number of nitro groups is 1. The Labute approximate surface area is 194 Å². The Bertz CT molecular complexity index is 1260. The first-order valence-corrected chi connectivity index (χ1v) is 10.1. The van der Waals surface area contributed by atoms with Crippen LogP contribution < -0.4 is 14.9 Å². The maximum absolute atomic E-state index is 12.6. The highest BCUT2D eigenvalue weighted by molar-refractivity contribution is 6.00. The van der Waals surface area contributed by atoms with Crippen molar-refractivity contribution < 1.29 is 28.4 Å². The number of ether oxygens (including phenoxy) is 2. The van der Waals surface area contributed by atoms with E-state index in [0.29, 0.717) is 11.3 Å². The fraction of sp³-hybridized carbons (Fsp3) is 0.273. The number of hydrogen-bond donors (Lipinski definition) is 1. The molecule has 2 heterocycles. The Kier molecular flexibility index (Phi) is 7.09. The molecule has 1 unspecified atom stereocenters. The van der Waals surface area contributed by atoms with Gasteiger partial charge in [0, 0.05) is 5.56 Å². The van der Waals surface area contributed by atoms with Gasteiger partial charge in [0.15, 0.2) is 11.5 Å². The fourth-order valence-corrected chi connectivity index (χ4v) is 3.23. The number of esters is 1. The topological polar surface area (TPSA) is 151 Å². The van der Waals surface area contributed by atoms with E-state index in [1.54, 1.807) is 32.0 Å². The molecule has 1 N–H and O–H groups in total. The number of amides is 1. The second-order valence-electron chi connectivity index (χ2n) is 7.30. The van der Waals surface area contributed by atoms with Gasteiger partial charge in [-0.2, -0.15) is 10.2 Å². The van der Waals surface area contributed by atoms with Crippen molar-refractivity contribution in [1.82, 2.24) is 15.2 Å². The average molecular weight is 469 g/mol. The molecule has 2 aromatic heterocycles. The first-order valence-electron chi connectivity index (χ1n) is 10.1. The zero-order chi connectivity index (χ0) is 25.0. The van der Waals surface area contributed by atoms with E-state index in [4.69, 9.17) is 13.9 Å². The van der Waals surface area contributed by atoms with Crippen LogP contribution in [0.1, 0.15) is 47.4 Å². The highest BCUT2D eigenvalue weighted by Gasteiger charge is 2.27. The number of carbonyl (C=O) groups excluding carboxylic acids is 2. The van der Waals surface area contributed by atoms with Crippen LogP contribution in [0.3, 0.4) is 0 Å². The molecule has 0 aliphatic heterocycles. The van der Waals surface area contributed by atoms with E-state index in [-0.39, 0.29) is 34.3 Å². The van der Waals surface area contributed by atoms with Gasteiger partial charge in [-0.25, -0.2) is 10.2 Å². The summed E-state index contributed by atoms with van der Waals surface area (Å²) >= 11 is 0. The molecule has 12 heteroatoms. The summed E-state index contributed by atoms with van der Waals surface area (Å²) in [6.07, 6.45) is 1.36. The van der Waals surface area contributed by atoms with Crippen LogP contribution >= 0.6 is 0 Å². The number of furan rings is 1. The Hall–Kier alpha value is -4.48. The number of aromatic nitrogens is 2. The molecule has 0 aliphatic carbocycles. The monoisotopic (exact) mass is 469 g/mol. The molecule has 1 amide bonds. The second kappa shape index (κ2) is 9.98. The molecule has 0 spiro atoms. The number of carbonyl (C=O) groups is 2. The average Bonchev–Trinajstić information content (AvgIpc) is 3.44. The third-order valence-corrected chi connectivity index (χ3v) is 5.06. The molecule has 0 saturated heterocycles. The van der Waals surface area contributed by atoms with Gasteiger partial charge in [-0.3, -0.25) is 19.6 Å². The lowest BCUT2D eigenvalue weighted by atomic mass is 10.1. The normalized spacial score (nSPS) is 12.2. The Morgan fingerprint density at radius 2 is 2.00 bits per heavy atom.